The number of benzene rings is 1. The molecular formula is C21H29N3O. The van der Waals surface area contributed by atoms with Gasteiger partial charge in [0.2, 0.25) is 0 Å². The lowest BCUT2D eigenvalue weighted by atomic mass is 9.99. The first kappa shape index (κ1) is 16.8. The minimum absolute atomic E-state index is 0.560. The Kier molecular flexibility index (Phi) is 4.91. The second kappa shape index (κ2) is 7.30. The van der Waals surface area contributed by atoms with Crippen LogP contribution < -0.4 is 0 Å². The summed E-state index contributed by atoms with van der Waals surface area (Å²) >= 11 is 0. The molecule has 1 aromatic carbocycles. The van der Waals surface area contributed by atoms with Crippen LogP contribution in [-0.4, -0.2) is 40.8 Å². The fourth-order valence-corrected chi connectivity index (χ4v) is 4.43. The second-order valence-electron chi connectivity index (χ2n) is 7.68. The lowest BCUT2D eigenvalue weighted by Crippen LogP contribution is -2.24. The van der Waals surface area contributed by atoms with Crippen molar-refractivity contribution in [2.24, 2.45) is 0 Å². The molecule has 2 aromatic rings. The maximum absolute atomic E-state index is 5.54. The molecular weight excluding hydrogens is 310 g/mol. The van der Waals surface area contributed by atoms with Gasteiger partial charge in [-0.05, 0) is 38.7 Å². The maximum atomic E-state index is 5.54. The minimum atomic E-state index is 0.560. The van der Waals surface area contributed by atoms with E-state index in [0.717, 1.165) is 39.1 Å². The monoisotopic (exact) mass is 339 g/mol. The van der Waals surface area contributed by atoms with Crippen LogP contribution in [0.25, 0.3) is 0 Å². The van der Waals surface area contributed by atoms with Gasteiger partial charge < -0.3 is 9.30 Å². The zero-order chi connectivity index (χ0) is 17.2. The summed E-state index contributed by atoms with van der Waals surface area (Å²) in [6, 6.07) is 9.46. The van der Waals surface area contributed by atoms with Crippen molar-refractivity contribution in [2.75, 3.05) is 26.3 Å². The van der Waals surface area contributed by atoms with Crippen molar-refractivity contribution in [2.45, 2.75) is 51.6 Å². The molecule has 0 aliphatic carbocycles. The lowest BCUT2D eigenvalue weighted by molar-refractivity contribution is 0.0824. The second-order valence-corrected chi connectivity index (χ2v) is 7.68. The van der Waals surface area contributed by atoms with Crippen LogP contribution in [0.1, 0.15) is 53.9 Å². The maximum Gasteiger partial charge on any atom is 0.112 e. The zero-order valence-corrected chi connectivity index (χ0v) is 15.4. The van der Waals surface area contributed by atoms with Gasteiger partial charge in [-0.15, -0.1) is 0 Å². The summed E-state index contributed by atoms with van der Waals surface area (Å²) in [5.74, 6) is 1.86. The van der Waals surface area contributed by atoms with Crippen molar-refractivity contribution in [3.63, 3.8) is 0 Å². The van der Waals surface area contributed by atoms with Crippen LogP contribution >= 0.6 is 0 Å². The van der Waals surface area contributed by atoms with Gasteiger partial charge in [0.1, 0.15) is 5.82 Å². The van der Waals surface area contributed by atoms with Gasteiger partial charge in [-0.1, -0.05) is 29.8 Å². The van der Waals surface area contributed by atoms with Gasteiger partial charge in [-0.25, -0.2) is 4.98 Å². The molecule has 0 bridgehead atoms. The van der Waals surface area contributed by atoms with Crippen molar-refractivity contribution in [3.05, 3.63) is 53.1 Å². The fourth-order valence-electron chi connectivity index (χ4n) is 4.43. The van der Waals surface area contributed by atoms with Gasteiger partial charge in [0.05, 0.1) is 0 Å². The lowest BCUT2D eigenvalue weighted by Gasteiger charge is -2.26. The molecule has 0 spiro atoms. The van der Waals surface area contributed by atoms with E-state index in [9.17, 15) is 0 Å². The van der Waals surface area contributed by atoms with Crippen LogP contribution in [0.5, 0.6) is 0 Å². The third-order valence-electron chi connectivity index (χ3n) is 5.70. The molecule has 4 nitrogen and oxygen atoms in total. The predicted molar refractivity (Wildman–Crippen MR) is 99.9 cm³/mol. The summed E-state index contributed by atoms with van der Waals surface area (Å²) in [6.07, 6.45) is 5.50. The van der Waals surface area contributed by atoms with Crippen molar-refractivity contribution in [3.8, 4) is 0 Å². The highest BCUT2D eigenvalue weighted by Gasteiger charge is 2.29. The molecule has 4 heteroatoms. The number of likely N-dealkylation sites (tertiary alicyclic amines) is 1. The summed E-state index contributed by atoms with van der Waals surface area (Å²) in [5.41, 5.74) is 4.08. The average molecular weight is 339 g/mol. The van der Waals surface area contributed by atoms with Crippen LogP contribution in [0.15, 0.2) is 30.5 Å². The average Bonchev–Trinajstić information content (AvgIpc) is 3.22. The van der Waals surface area contributed by atoms with E-state index in [2.05, 4.69) is 53.8 Å². The molecule has 2 fully saturated rings. The van der Waals surface area contributed by atoms with Crippen LogP contribution in [0.3, 0.4) is 0 Å². The van der Waals surface area contributed by atoms with E-state index in [1.54, 1.807) is 0 Å². The Morgan fingerprint density at radius 3 is 2.80 bits per heavy atom. The largest absolute Gasteiger partial charge is 0.381 e. The number of aromatic nitrogens is 2. The molecule has 0 saturated carbocycles. The molecule has 1 aromatic heterocycles. The summed E-state index contributed by atoms with van der Waals surface area (Å²) in [7, 11) is 0. The number of imidazole rings is 1. The highest BCUT2D eigenvalue weighted by atomic mass is 16.5. The zero-order valence-electron chi connectivity index (χ0n) is 15.4. The summed E-state index contributed by atoms with van der Waals surface area (Å²) < 4.78 is 8.08. The molecule has 2 aliphatic rings. The molecule has 4 rings (SSSR count). The third-order valence-corrected chi connectivity index (χ3v) is 5.70. The molecule has 2 saturated heterocycles. The van der Waals surface area contributed by atoms with Crippen LogP contribution in [0.2, 0.25) is 0 Å². The van der Waals surface area contributed by atoms with E-state index in [4.69, 9.17) is 9.72 Å². The first-order chi connectivity index (χ1) is 12.2. The number of ether oxygens (including phenoxy) is 1. The number of nitrogens with zero attached hydrogens (tertiary/aromatic N) is 3. The molecule has 0 radical (unpaired) electrons. The summed E-state index contributed by atoms with van der Waals surface area (Å²) in [4.78, 5) is 7.38. The molecule has 1 unspecified atom stereocenters. The fraction of sp³-hybridized carbons (Fsp3) is 0.571. The third kappa shape index (κ3) is 3.65. The van der Waals surface area contributed by atoms with Crippen molar-refractivity contribution in [1.82, 2.24) is 14.5 Å². The Morgan fingerprint density at radius 2 is 2.00 bits per heavy atom. The Morgan fingerprint density at radius 1 is 1.16 bits per heavy atom. The normalized spacial score (nSPS) is 22.6. The topological polar surface area (TPSA) is 30.3 Å². The van der Waals surface area contributed by atoms with Gasteiger partial charge in [-0.3, -0.25) is 4.90 Å². The van der Waals surface area contributed by atoms with E-state index in [1.165, 1.54) is 35.6 Å². The minimum Gasteiger partial charge on any atom is -0.381 e. The summed E-state index contributed by atoms with van der Waals surface area (Å²) in [5, 5.41) is 0. The number of hydrogen-bond acceptors (Lipinski definition) is 3. The molecule has 0 amide bonds. The first-order valence-corrected chi connectivity index (χ1v) is 9.60. The van der Waals surface area contributed by atoms with E-state index in [-0.39, 0.29) is 0 Å². The molecule has 1 atom stereocenters. The van der Waals surface area contributed by atoms with Gasteiger partial charge in [0.25, 0.3) is 0 Å². The van der Waals surface area contributed by atoms with Crippen LogP contribution in [0.4, 0.5) is 0 Å². The Hall–Kier alpha value is -1.65. The SMILES string of the molecule is Cc1cccc(CN2CCC(n3c(C)cnc3C3CCOCC3)C2)c1. The van der Waals surface area contributed by atoms with Gasteiger partial charge in [0, 0.05) is 56.7 Å². The van der Waals surface area contributed by atoms with Crippen molar-refractivity contribution in [1.29, 1.82) is 0 Å². The summed E-state index contributed by atoms with van der Waals surface area (Å²) in [6.45, 7) is 9.48. The Balaban J connectivity index is 1.47. The molecule has 3 heterocycles. The molecule has 2 aliphatic heterocycles. The Labute approximate surface area is 150 Å². The van der Waals surface area contributed by atoms with Crippen LogP contribution in [0, 0.1) is 13.8 Å². The number of rotatable bonds is 4. The van der Waals surface area contributed by atoms with E-state index in [0.29, 0.717) is 12.0 Å². The van der Waals surface area contributed by atoms with E-state index in [1.807, 2.05) is 0 Å². The smallest absolute Gasteiger partial charge is 0.112 e. The van der Waals surface area contributed by atoms with Crippen molar-refractivity contribution >= 4 is 0 Å². The highest BCUT2D eigenvalue weighted by Crippen LogP contribution is 2.32. The van der Waals surface area contributed by atoms with Gasteiger partial charge in [0.15, 0.2) is 0 Å². The molecule has 25 heavy (non-hydrogen) atoms. The van der Waals surface area contributed by atoms with Crippen LogP contribution in [-0.2, 0) is 11.3 Å². The van der Waals surface area contributed by atoms with E-state index < -0.39 is 0 Å². The predicted octanol–water partition coefficient (Wildman–Crippen LogP) is 3.84. The molecule has 0 N–H and O–H groups in total. The number of aryl methyl sites for hydroxylation is 2. The quantitative estimate of drug-likeness (QED) is 0.848. The molecule has 134 valence electrons. The van der Waals surface area contributed by atoms with Gasteiger partial charge in [-0.2, -0.15) is 0 Å². The number of hydrogen-bond donors (Lipinski definition) is 0. The van der Waals surface area contributed by atoms with E-state index >= 15 is 0 Å². The first-order valence-electron chi connectivity index (χ1n) is 9.60. The highest BCUT2D eigenvalue weighted by molar-refractivity contribution is 5.22. The van der Waals surface area contributed by atoms with Gasteiger partial charge >= 0.3 is 0 Å². The standard InChI is InChI=1S/C21H29N3O/c1-16-4-3-5-18(12-16)14-23-9-6-20(15-23)24-17(2)13-22-21(24)19-7-10-25-11-8-19/h3-5,12-13,19-20H,6-11,14-15H2,1-2H3. The Bertz CT molecular complexity index is 718. The van der Waals surface area contributed by atoms with Crippen molar-refractivity contribution < 1.29 is 4.74 Å².